The van der Waals surface area contributed by atoms with E-state index in [1.54, 1.807) is 35.3 Å². The lowest BCUT2D eigenvalue weighted by molar-refractivity contribution is 0.402. The molecule has 0 amide bonds. The molecular weight excluding hydrogens is 482 g/mol. The van der Waals surface area contributed by atoms with Gasteiger partial charge in [-0.05, 0) is 59.9 Å². The summed E-state index contributed by atoms with van der Waals surface area (Å²) < 4.78 is 73.2. The molecule has 0 aliphatic heterocycles. The molecule has 2 aromatic carbocycles. The quantitative estimate of drug-likeness (QED) is 0.405. The predicted octanol–water partition coefficient (Wildman–Crippen LogP) is 4.14. The van der Waals surface area contributed by atoms with Crippen molar-refractivity contribution in [3.8, 4) is 11.5 Å². The number of aromatic nitrogens is 3. The molecule has 4 aromatic rings. The van der Waals surface area contributed by atoms with Gasteiger partial charge < -0.3 is 14.0 Å². The third-order valence-electron chi connectivity index (χ3n) is 5.80. The van der Waals surface area contributed by atoms with Crippen molar-refractivity contribution in [2.45, 2.75) is 24.3 Å². The molecule has 182 valence electrons. The standard InChI is InChI=1S/C23H20F2N4O5S/c1-32-17-10-14-8-16(22(24)25)9-15(14)11-20(17)35(30,31)28-23-21-18(33-2)6-13(7-19(21)34-27-23)12-29-5-3-4-26-29/h3-7,10-11H,8-9,12H2,1-2H3,(H,27,28). The predicted molar refractivity (Wildman–Crippen MR) is 122 cm³/mol. The Bertz CT molecular complexity index is 1560. The third-order valence-corrected chi connectivity index (χ3v) is 7.16. The monoisotopic (exact) mass is 502 g/mol. The summed E-state index contributed by atoms with van der Waals surface area (Å²) >= 11 is 0. The first-order valence-electron chi connectivity index (χ1n) is 10.5. The zero-order valence-electron chi connectivity index (χ0n) is 18.7. The normalized spacial score (nSPS) is 13.2. The molecule has 0 atom stereocenters. The number of allylic oxidation sites excluding steroid dienone is 1. The van der Waals surface area contributed by atoms with Crippen LogP contribution in [0.5, 0.6) is 11.5 Å². The molecule has 0 fully saturated rings. The molecule has 2 heterocycles. The number of hydrogen-bond acceptors (Lipinski definition) is 7. The van der Waals surface area contributed by atoms with Crippen LogP contribution >= 0.6 is 0 Å². The summed E-state index contributed by atoms with van der Waals surface area (Å²) in [7, 11) is -1.45. The Morgan fingerprint density at radius 1 is 1.11 bits per heavy atom. The summed E-state index contributed by atoms with van der Waals surface area (Å²) in [6.07, 6.45) is 1.74. The average Bonchev–Trinajstić information content (AvgIpc) is 3.57. The van der Waals surface area contributed by atoms with Crippen molar-refractivity contribution in [1.82, 2.24) is 14.9 Å². The van der Waals surface area contributed by atoms with E-state index in [9.17, 15) is 17.2 Å². The van der Waals surface area contributed by atoms with Crippen LogP contribution < -0.4 is 14.2 Å². The van der Waals surface area contributed by atoms with Gasteiger partial charge in [-0.2, -0.15) is 13.9 Å². The average molecular weight is 502 g/mol. The van der Waals surface area contributed by atoms with E-state index in [1.807, 2.05) is 0 Å². The highest BCUT2D eigenvalue weighted by Gasteiger charge is 2.29. The SMILES string of the molecule is COc1cc2c(cc1S(=O)(=O)Nc1noc3cc(Cn4cccn4)cc(OC)c13)CC(=C(F)F)C2. The number of halogens is 2. The van der Waals surface area contributed by atoms with Gasteiger partial charge >= 0.3 is 0 Å². The van der Waals surface area contributed by atoms with Crippen LogP contribution in [0, 0.1) is 0 Å². The second-order valence-corrected chi connectivity index (χ2v) is 9.65. The lowest BCUT2D eigenvalue weighted by atomic mass is 10.1. The van der Waals surface area contributed by atoms with Crippen molar-refractivity contribution < 1.29 is 31.2 Å². The molecule has 2 aromatic heterocycles. The molecule has 0 saturated heterocycles. The number of sulfonamides is 1. The van der Waals surface area contributed by atoms with E-state index in [-0.39, 0.29) is 34.9 Å². The number of fused-ring (bicyclic) bond motifs is 2. The van der Waals surface area contributed by atoms with Gasteiger partial charge in [-0.15, -0.1) is 0 Å². The lowest BCUT2D eigenvalue weighted by Crippen LogP contribution is -2.15. The van der Waals surface area contributed by atoms with E-state index in [1.165, 1.54) is 26.4 Å². The molecular formula is C23H20F2N4O5S. The van der Waals surface area contributed by atoms with E-state index in [4.69, 9.17) is 14.0 Å². The smallest absolute Gasteiger partial charge is 0.270 e. The van der Waals surface area contributed by atoms with Gasteiger partial charge in [-0.25, -0.2) is 8.42 Å². The first-order valence-corrected chi connectivity index (χ1v) is 12.0. The Kier molecular flexibility index (Phi) is 5.67. The molecule has 1 aliphatic rings. The molecule has 1 N–H and O–H groups in total. The lowest BCUT2D eigenvalue weighted by Gasteiger charge is -2.13. The minimum atomic E-state index is -4.22. The summed E-state index contributed by atoms with van der Waals surface area (Å²) in [6.45, 7) is 0.448. The van der Waals surface area contributed by atoms with Crippen LogP contribution in [0.3, 0.4) is 0 Å². The maximum atomic E-state index is 13.3. The number of benzene rings is 2. The van der Waals surface area contributed by atoms with Gasteiger partial charge in [-0.3, -0.25) is 9.40 Å². The number of rotatable bonds is 7. The van der Waals surface area contributed by atoms with E-state index in [2.05, 4.69) is 15.0 Å². The first kappa shape index (κ1) is 22.8. The highest BCUT2D eigenvalue weighted by molar-refractivity contribution is 7.92. The van der Waals surface area contributed by atoms with Crippen LogP contribution in [0.2, 0.25) is 0 Å². The van der Waals surface area contributed by atoms with Crippen LogP contribution in [0.4, 0.5) is 14.6 Å². The van der Waals surface area contributed by atoms with Crippen LogP contribution in [0.25, 0.3) is 11.0 Å². The van der Waals surface area contributed by atoms with Gasteiger partial charge in [0, 0.05) is 18.0 Å². The van der Waals surface area contributed by atoms with Gasteiger partial charge in [0.25, 0.3) is 16.1 Å². The van der Waals surface area contributed by atoms with E-state index < -0.39 is 16.1 Å². The minimum absolute atomic E-state index is 0.0239. The molecule has 9 nitrogen and oxygen atoms in total. The van der Waals surface area contributed by atoms with Crippen molar-refractivity contribution >= 4 is 26.8 Å². The summed E-state index contributed by atoms with van der Waals surface area (Å²) in [5.74, 6) is 0.330. The fourth-order valence-electron chi connectivity index (χ4n) is 4.17. The Labute approximate surface area is 199 Å². The highest BCUT2D eigenvalue weighted by Crippen LogP contribution is 2.38. The largest absolute Gasteiger partial charge is 0.496 e. The van der Waals surface area contributed by atoms with Gasteiger partial charge in [0.05, 0.1) is 20.8 Å². The molecule has 0 bridgehead atoms. The number of anilines is 1. The molecule has 1 aliphatic carbocycles. The van der Waals surface area contributed by atoms with Crippen LogP contribution in [0.1, 0.15) is 16.7 Å². The zero-order chi connectivity index (χ0) is 24.7. The first-order chi connectivity index (χ1) is 16.8. The van der Waals surface area contributed by atoms with Crippen molar-refractivity contribution in [3.63, 3.8) is 0 Å². The molecule has 0 radical (unpaired) electrons. The Morgan fingerprint density at radius 3 is 2.51 bits per heavy atom. The highest BCUT2D eigenvalue weighted by atomic mass is 32.2. The van der Waals surface area contributed by atoms with Crippen molar-refractivity contribution in [3.05, 3.63) is 71.1 Å². The fraction of sp³-hybridized carbons (Fsp3) is 0.217. The second kappa shape index (κ2) is 8.69. The Hall–Kier alpha value is -3.93. The number of nitrogens with zero attached hydrogens (tertiary/aromatic N) is 3. The Balaban J connectivity index is 1.51. The van der Waals surface area contributed by atoms with E-state index in [0.29, 0.717) is 34.4 Å². The maximum Gasteiger partial charge on any atom is 0.270 e. The summed E-state index contributed by atoms with van der Waals surface area (Å²) in [5, 5.41) is 8.41. The maximum absolute atomic E-state index is 13.3. The van der Waals surface area contributed by atoms with Crippen LogP contribution in [0.15, 0.2) is 63.8 Å². The van der Waals surface area contributed by atoms with Gasteiger partial charge in [0.1, 0.15) is 21.8 Å². The minimum Gasteiger partial charge on any atom is -0.496 e. The molecule has 0 spiro atoms. The van der Waals surface area contributed by atoms with E-state index in [0.717, 1.165) is 5.56 Å². The molecule has 12 heteroatoms. The number of nitrogens with one attached hydrogen (secondary N) is 1. The van der Waals surface area contributed by atoms with Gasteiger partial charge in [-0.1, -0.05) is 5.16 Å². The second-order valence-electron chi connectivity index (χ2n) is 8.00. The Morgan fingerprint density at radius 2 is 1.86 bits per heavy atom. The molecule has 0 unspecified atom stereocenters. The van der Waals surface area contributed by atoms with Crippen molar-refractivity contribution in [2.24, 2.45) is 0 Å². The number of methoxy groups -OCH3 is 2. The van der Waals surface area contributed by atoms with E-state index >= 15 is 0 Å². The van der Waals surface area contributed by atoms with Crippen molar-refractivity contribution in [1.29, 1.82) is 0 Å². The summed E-state index contributed by atoms with van der Waals surface area (Å²) in [4.78, 5) is -0.190. The van der Waals surface area contributed by atoms with Gasteiger partial charge in [0.15, 0.2) is 11.4 Å². The van der Waals surface area contributed by atoms with Crippen LogP contribution in [-0.2, 0) is 29.4 Å². The third kappa shape index (κ3) is 4.20. The topological polar surface area (TPSA) is 108 Å². The molecule has 35 heavy (non-hydrogen) atoms. The molecule has 5 rings (SSSR count). The zero-order valence-corrected chi connectivity index (χ0v) is 19.5. The molecule has 0 saturated carbocycles. The summed E-state index contributed by atoms with van der Waals surface area (Å²) in [6, 6.07) is 8.10. The van der Waals surface area contributed by atoms with Gasteiger partial charge in [0.2, 0.25) is 0 Å². The number of hydrogen-bond donors (Lipinski definition) is 1. The fourth-order valence-corrected chi connectivity index (χ4v) is 5.38. The summed E-state index contributed by atoms with van der Waals surface area (Å²) in [5.41, 5.74) is 2.19. The number of ether oxygens (including phenoxy) is 2. The van der Waals surface area contributed by atoms with Crippen molar-refractivity contribution in [2.75, 3.05) is 18.9 Å². The van der Waals surface area contributed by atoms with Crippen LogP contribution in [-0.4, -0.2) is 37.6 Å².